The Morgan fingerprint density at radius 3 is 2.53 bits per heavy atom. The van der Waals surface area contributed by atoms with E-state index >= 15 is 0 Å². The van der Waals surface area contributed by atoms with E-state index in [1.165, 1.54) is 6.07 Å². The minimum atomic E-state index is -0.369. The Kier molecular flexibility index (Phi) is 4.53. The number of ketones is 1. The van der Waals surface area contributed by atoms with Crippen molar-refractivity contribution >= 4 is 37.6 Å². The van der Waals surface area contributed by atoms with Crippen LogP contribution in [-0.4, -0.2) is 5.78 Å². The molecule has 4 heteroatoms. The van der Waals surface area contributed by atoms with Gasteiger partial charge < -0.3 is 0 Å². The standard InChI is InChI=1S/C15H11Br2FO/c1-9-2-5-12(13(17)6-9)15(19)7-10-3-4-11(16)8-14(10)18/h2-6,8H,7H2,1H3. The summed E-state index contributed by atoms with van der Waals surface area (Å²) in [5.41, 5.74) is 2.05. The predicted molar refractivity (Wildman–Crippen MR) is 81.0 cm³/mol. The molecule has 0 fully saturated rings. The van der Waals surface area contributed by atoms with Crippen LogP contribution < -0.4 is 0 Å². The highest BCUT2D eigenvalue weighted by atomic mass is 79.9. The highest BCUT2D eigenvalue weighted by molar-refractivity contribution is 9.10. The van der Waals surface area contributed by atoms with Crippen molar-refractivity contribution in [3.8, 4) is 0 Å². The molecular weight excluding hydrogens is 375 g/mol. The molecule has 0 heterocycles. The monoisotopic (exact) mass is 384 g/mol. The van der Waals surface area contributed by atoms with E-state index in [0.29, 0.717) is 15.6 Å². The quantitative estimate of drug-likeness (QED) is 0.673. The first-order chi connectivity index (χ1) is 8.97. The Morgan fingerprint density at radius 1 is 1.16 bits per heavy atom. The van der Waals surface area contributed by atoms with Gasteiger partial charge in [-0.1, -0.05) is 44.0 Å². The molecule has 0 aliphatic rings. The average molecular weight is 386 g/mol. The van der Waals surface area contributed by atoms with Gasteiger partial charge in [-0.2, -0.15) is 0 Å². The highest BCUT2D eigenvalue weighted by Gasteiger charge is 2.13. The van der Waals surface area contributed by atoms with Gasteiger partial charge in [0.05, 0.1) is 0 Å². The molecular formula is C15H11Br2FO. The lowest BCUT2D eigenvalue weighted by molar-refractivity contribution is 0.0991. The van der Waals surface area contributed by atoms with E-state index in [-0.39, 0.29) is 18.0 Å². The van der Waals surface area contributed by atoms with Crippen LogP contribution >= 0.6 is 31.9 Å². The van der Waals surface area contributed by atoms with Crippen molar-refractivity contribution in [2.75, 3.05) is 0 Å². The van der Waals surface area contributed by atoms with E-state index in [4.69, 9.17) is 0 Å². The second-order valence-electron chi connectivity index (χ2n) is 4.32. The number of carbonyl (C=O) groups is 1. The van der Waals surface area contributed by atoms with Gasteiger partial charge >= 0.3 is 0 Å². The van der Waals surface area contributed by atoms with Gasteiger partial charge in [-0.05, 0) is 42.3 Å². The lowest BCUT2D eigenvalue weighted by Crippen LogP contribution is -2.06. The summed E-state index contributed by atoms with van der Waals surface area (Å²) in [5, 5.41) is 0. The number of carbonyl (C=O) groups excluding carboxylic acids is 1. The summed E-state index contributed by atoms with van der Waals surface area (Å²) in [5.74, 6) is -0.473. The fourth-order valence-corrected chi connectivity index (χ4v) is 2.83. The molecule has 0 radical (unpaired) electrons. The smallest absolute Gasteiger partial charge is 0.168 e. The predicted octanol–water partition coefficient (Wildman–Crippen LogP) is 5.08. The topological polar surface area (TPSA) is 17.1 Å². The fraction of sp³-hybridized carbons (Fsp3) is 0.133. The first-order valence-corrected chi connectivity index (χ1v) is 7.29. The van der Waals surface area contributed by atoms with Crippen molar-refractivity contribution in [3.05, 3.63) is 67.9 Å². The highest BCUT2D eigenvalue weighted by Crippen LogP contribution is 2.22. The summed E-state index contributed by atoms with van der Waals surface area (Å²) in [7, 11) is 0. The van der Waals surface area contributed by atoms with Crippen molar-refractivity contribution in [1.82, 2.24) is 0 Å². The van der Waals surface area contributed by atoms with E-state index in [2.05, 4.69) is 31.9 Å². The third-order valence-electron chi connectivity index (χ3n) is 2.79. The Hall–Kier alpha value is -1.00. The van der Waals surface area contributed by atoms with Crippen molar-refractivity contribution in [1.29, 1.82) is 0 Å². The molecule has 0 aromatic heterocycles. The zero-order valence-electron chi connectivity index (χ0n) is 10.2. The van der Waals surface area contributed by atoms with Crippen LogP contribution in [0.2, 0.25) is 0 Å². The van der Waals surface area contributed by atoms with E-state index < -0.39 is 0 Å². The lowest BCUT2D eigenvalue weighted by Gasteiger charge is -2.06. The lowest BCUT2D eigenvalue weighted by atomic mass is 10.0. The average Bonchev–Trinajstić information content (AvgIpc) is 2.32. The Morgan fingerprint density at radius 2 is 1.89 bits per heavy atom. The summed E-state index contributed by atoms with van der Waals surface area (Å²) in [6.07, 6.45) is 0.0563. The molecule has 0 unspecified atom stereocenters. The zero-order valence-corrected chi connectivity index (χ0v) is 13.4. The van der Waals surface area contributed by atoms with Gasteiger partial charge in [-0.3, -0.25) is 4.79 Å². The number of Topliss-reactive ketones (excluding diaryl/α,β-unsaturated/α-hetero) is 1. The first-order valence-electron chi connectivity index (χ1n) is 5.70. The minimum absolute atomic E-state index is 0.0563. The van der Waals surface area contributed by atoms with Crippen LogP contribution in [0.15, 0.2) is 45.3 Å². The number of aryl methyl sites for hydroxylation is 1. The van der Waals surface area contributed by atoms with E-state index in [1.807, 2.05) is 19.1 Å². The van der Waals surface area contributed by atoms with Gasteiger partial charge in [0.15, 0.2) is 5.78 Å². The third-order valence-corrected chi connectivity index (χ3v) is 3.94. The van der Waals surface area contributed by atoms with Gasteiger partial charge in [0.2, 0.25) is 0 Å². The number of hydrogen-bond donors (Lipinski definition) is 0. The number of hydrogen-bond acceptors (Lipinski definition) is 1. The molecule has 1 nitrogen and oxygen atoms in total. The van der Waals surface area contributed by atoms with E-state index in [9.17, 15) is 9.18 Å². The van der Waals surface area contributed by atoms with Crippen LogP contribution in [0.5, 0.6) is 0 Å². The van der Waals surface area contributed by atoms with Crippen molar-refractivity contribution in [2.24, 2.45) is 0 Å². The molecule has 0 aliphatic heterocycles. The second-order valence-corrected chi connectivity index (χ2v) is 6.09. The van der Waals surface area contributed by atoms with Crippen LogP contribution in [0, 0.1) is 12.7 Å². The van der Waals surface area contributed by atoms with Crippen molar-refractivity contribution in [3.63, 3.8) is 0 Å². The summed E-state index contributed by atoms with van der Waals surface area (Å²) in [4.78, 5) is 12.2. The molecule has 2 aromatic carbocycles. The summed E-state index contributed by atoms with van der Waals surface area (Å²) >= 11 is 6.56. The minimum Gasteiger partial charge on any atom is -0.294 e. The van der Waals surface area contributed by atoms with Crippen LogP contribution in [0.25, 0.3) is 0 Å². The van der Waals surface area contributed by atoms with Gasteiger partial charge in [0.1, 0.15) is 5.82 Å². The van der Waals surface area contributed by atoms with Gasteiger partial charge in [-0.15, -0.1) is 0 Å². The largest absolute Gasteiger partial charge is 0.294 e. The molecule has 0 spiro atoms. The molecule has 2 rings (SSSR count). The normalized spacial score (nSPS) is 10.5. The molecule has 0 amide bonds. The number of halogens is 3. The Balaban J connectivity index is 2.25. The fourth-order valence-electron chi connectivity index (χ4n) is 1.78. The summed E-state index contributed by atoms with van der Waals surface area (Å²) in [6, 6.07) is 10.2. The molecule has 2 aromatic rings. The molecule has 0 bridgehead atoms. The number of benzene rings is 2. The Labute approximate surface area is 128 Å². The van der Waals surface area contributed by atoms with Gasteiger partial charge in [-0.25, -0.2) is 4.39 Å². The number of rotatable bonds is 3. The van der Waals surface area contributed by atoms with Crippen molar-refractivity contribution < 1.29 is 9.18 Å². The van der Waals surface area contributed by atoms with E-state index in [1.54, 1.807) is 18.2 Å². The maximum absolute atomic E-state index is 13.7. The van der Waals surface area contributed by atoms with Gasteiger partial charge in [0, 0.05) is 20.9 Å². The molecule has 0 N–H and O–H groups in total. The van der Waals surface area contributed by atoms with E-state index in [0.717, 1.165) is 10.0 Å². The van der Waals surface area contributed by atoms with Crippen molar-refractivity contribution in [2.45, 2.75) is 13.3 Å². The summed E-state index contributed by atoms with van der Waals surface area (Å²) < 4.78 is 15.1. The molecule has 0 saturated carbocycles. The SMILES string of the molecule is Cc1ccc(C(=O)Cc2ccc(Br)cc2F)c(Br)c1. The van der Waals surface area contributed by atoms with Crippen LogP contribution in [0.3, 0.4) is 0 Å². The third kappa shape index (κ3) is 3.51. The van der Waals surface area contributed by atoms with Gasteiger partial charge in [0.25, 0.3) is 0 Å². The van der Waals surface area contributed by atoms with Crippen LogP contribution in [-0.2, 0) is 6.42 Å². The molecule has 98 valence electrons. The second kappa shape index (κ2) is 5.97. The molecule has 0 atom stereocenters. The Bertz CT molecular complexity index is 638. The molecule has 0 aliphatic carbocycles. The summed E-state index contributed by atoms with van der Waals surface area (Å²) in [6.45, 7) is 1.95. The molecule has 19 heavy (non-hydrogen) atoms. The zero-order chi connectivity index (χ0) is 14.0. The first kappa shape index (κ1) is 14.4. The van der Waals surface area contributed by atoms with Crippen LogP contribution in [0.1, 0.15) is 21.5 Å². The molecule has 0 saturated heterocycles. The maximum Gasteiger partial charge on any atom is 0.168 e. The van der Waals surface area contributed by atoms with Crippen LogP contribution in [0.4, 0.5) is 4.39 Å². The maximum atomic E-state index is 13.7.